The number of amides is 1. The first-order valence-corrected chi connectivity index (χ1v) is 9.11. The van der Waals surface area contributed by atoms with Gasteiger partial charge in [-0.1, -0.05) is 18.2 Å². The topological polar surface area (TPSA) is 50.5 Å². The number of carbonyl (C=O) groups is 1. The SMILES string of the molecule is Cc1ccn2c(C(=O)N3CCC(c4ccccc4C(F)(F)F)CC3)nnc2c1. The Morgan fingerprint density at radius 2 is 1.82 bits per heavy atom. The summed E-state index contributed by atoms with van der Waals surface area (Å²) in [6.45, 7) is 2.70. The standard InChI is InChI=1S/C20H19F3N4O/c1-13-6-11-27-17(12-13)24-25-18(27)19(28)26-9-7-14(8-10-26)15-4-2-3-5-16(15)20(21,22)23/h2-6,11-12,14H,7-10H2,1H3. The predicted molar refractivity (Wildman–Crippen MR) is 97.0 cm³/mol. The number of aromatic nitrogens is 3. The van der Waals surface area contributed by atoms with Crippen LogP contribution in [-0.4, -0.2) is 38.5 Å². The van der Waals surface area contributed by atoms with Crippen LogP contribution in [0.25, 0.3) is 5.65 Å². The summed E-state index contributed by atoms with van der Waals surface area (Å²) in [7, 11) is 0. The molecule has 0 unspecified atom stereocenters. The maximum atomic E-state index is 13.3. The highest BCUT2D eigenvalue weighted by molar-refractivity contribution is 5.91. The highest BCUT2D eigenvalue weighted by atomic mass is 19.4. The number of benzene rings is 1. The summed E-state index contributed by atoms with van der Waals surface area (Å²) in [5.74, 6) is -0.247. The van der Waals surface area contributed by atoms with Crippen LogP contribution in [0.3, 0.4) is 0 Å². The van der Waals surface area contributed by atoms with Crippen molar-refractivity contribution in [1.82, 2.24) is 19.5 Å². The Balaban J connectivity index is 1.51. The number of halogens is 3. The Hall–Kier alpha value is -2.90. The van der Waals surface area contributed by atoms with E-state index in [4.69, 9.17) is 0 Å². The molecule has 5 nitrogen and oxygen atoms in total. The molecule has 8 heteroatoms. The highest BCUT2D eigenvalue weighted by Crippen LogP contribution is 2.38. The molecule has 1 aromatic carbocycles. The van der Waals surface area contributed by atoms with Crippen molar-refractivity contribution < 1.29 is 18.0 Å². The molecular formula is C20H19F3N4O. The summed E-state index contributed by atoms with van der Waals surface area (Å²) in [5, 5.41) is 8.05. The van der Waals surface area contributed by atoms with Crippen LogP contribution in [0.2, 0.25) is 0 Å². The molecule has 0 bridgehead atoms. The first-order chi connectivity index (χ1) is 13.3. The molecule has 0 atom stereocenters. The monoisotopic (exact) mass is 388 g/mol. The minimum Gasteiger partial charge on any atom is -0.336 e. The second-order valence-electron chi connectivity index (χ2n) is 7.11. The normalized spacial score (nSPS) is 15.9. The molecule has 1 amide bonds. The van der Waals surface area contributed by atoms with Gasteiger partial charge in [0, 0.05) is 19.3 Å². The van der Waals surface area contributed by atoms with Gasteiger partial charge >= 0.3 is 6.18 Å². The molecule has 0 spiro atoms. The van der Waals surface area contributed by atoms with Gasteiger partial charge in [0.25, 0.3) is 5.91 Å². The van der Waals surface area contributed by atoms with Gasteiger partial charge in [0.15, 0.2) is 5.65 Å². The van der Waals surface area contributed by atoms with Crippen molar-refractivity contribution in [3.8, 4) is 0 Å². The minimum atomic E-state index is -4.37. The fraction of sp³-hybridized carbons (Fsp3) is 0.350. The van der Waals surface area contributed by atoms with Crippen LogP contribution in [0.5, 0.6) is 0 Å². The van der Waals surface area contributed by atoms with E-state index in [-0.39, 0.29) is 17.6 Å². The number of aryl methyl sites for hydroxylation is 1. The van der Waals surface area contributed by atoms with Gasteiger partial charge in [-0.15, -0.1) is 10.2 Å². The second kappa shape index (κ2) is 6.92. The van der Waals surface area contributed by atoms with Crippen molar-refractivity contribution in [2.75, 3.05) is 13.1 Å². The van der Waals surface area contributed by atoms with E-state index in [1.807, 2.05) is 19.1 Å². The van der Waals surface area contributed by atoms with Crippen molar-refractivity contribution >= 4 is 11.6 Å². The number of nitrogens with zero attached hydrogens (tertiary/aromatic N) is 4. The Labute approximate surface area is 159 Å². The lowest BCUT2D eigenvalue weighted by molar-refractivity contribution is -0.138. The fourth-order valence-corrected chi connectivity index (χ4v) is 3.78. The van der Waals surface area contributed by atoms with E-state index in [9.17, 15) is 18.0 Å². The number of pyridine rings is 1. The zero-order valence-electron chi connectivity index (χ0n) is 15.3. The molecule has 1 aliphatic heterocycles. The molecule has 4 rings (SSSR count). The highest BCUT2D eigenvalue weighted by Gasteiger charge is 2.36. The zero-order chi connectivity index (χ0) is 19.9. The first-order valence-electron chi connectivity index (χ1n) is 9.11. The molecule has 0 N–H and O–H groups in total. The Morgan fingerprint density at radius 3 is 2.54 bits per heavy atom. The number of carbonyl (C=O) groups excluding carboxylic acids is 1. The Bertz CT molecular complexity index is 1020. The van der Waals surface area contributed by atoms with E-state index in [2.05, 4.69) is 10.2 Å². The molecule has 28 heavy (non-hydrogen) atoms. The number of rotatable bonds is 2. The maximum absolute atomic E-state index is 13.3. The number of hydrogen-bond donors (Lipinski definition) is 0. The summed E-state index contributed by atoms with van der Waals surface area (Å²) in [5.41, 5.74) is 1.34. The largest absolute Gasteiger partial charge is 0.416 e. The number of hydrogen-bond acceptors (Lipinski definition) is 3. The van der Waals surface area contributed by atoms with Gasteiger partial charge < -0.3 is 4.90 Å². The molecule has 1 aliphatic rings. The van der Waals surface area contributed by atoms with Gasteiger partial charge in [-0.05, 0) is 55.0 Å². The Kier molecular flexibility index (Phi) is 4.56. The summed E-state index contributed by atoms with van der Waals surface area (Å²) >= 11 is 0. The maximum Gasteiger partial charge on any atom is 0.416 e. The van der Waals surface area contributed by atoms with E-state index >= 15 is 0 Å². The van der Waals surface area contributed by atoms with E-state index in [0.717, 1.165) is 11.6 Å². The van der Waals surface area contributed by atoms with Gasteiger partial charge in [0.1, 0.15) is 0 Å². The lowest BCUT2D eigenvalue weighted by Gasteiger charge is -2.32. The van der Waals surface area contributed by atoms with Gasteiger partial charge in [-0.25, -0.2) is 0 Å². The molecule has 2 aromatic heterocycles. The molecular weight excluding hydrogens is 369 g/mol. The van der Waals surface area contributed by atoms with Crippen LogP contribution < -0.4 is 0 Å². The molecule has 3 aromatic rings. The summed E-state index contributed by atoms with van der Waals surface area (Å²) < 4.78 is 41.5. The first kappa shape index (κ1) is 18.5. The van der Waals surface area contributed by atoms with Crippen LogP contribution in [0.15, 0.2) is 42.6 Å². The smallest absolute Gasteiger partial charge is 0.336 e. The molecule has 146 valence electrons. The average molecular weight is 388 g/mol. The third-order valence-corrected chi connectivity index (χ3v) is 5.24. The van der Waals surface area contributed by atoms with Gasteiger partial charge in [0.05, 0.1) is 5.56 Å². The third kappa shape index (κ3) is 3.34. The lowest BCUT2D eigenvalue weighted by atomic mass is 9.86. The van der Waals surface area contributed by atoms with Crippen molar-refractivity contribution in [3.05, 3.63) is 65.1 Å². The number of alkyl halides is 3. The van der Waals surface area contributed by atoms with Crippen LogP contribution >= 0.6 is 0 Å². The van der Waals surface area contributed by atoms with E-state index < -0.39 is 11.7 Å². The number of piperidine rings is 1. The average Bonchev–Trinajstić information content (AvgIpc) is 3.10. The number of likely N-dealkylation sites (tertiary alicyclic amines) is 1. The summed E-state index contributed by atoms with van der Waals surface area (Å²) in [4.78, 5) is 14.5. The minimum absolute atomic E-state index is 0.223. The van der Waals surface area contributed by atoms with Gasteiger partial charge in [-0.2, -0.15) is 13.2 Å². The summed E-state index contributed by atoms with van der Waals surface area (Å²) in [6, 6.07) is 9.41. The molecule has 1 saturated heterocycles. The fourth-order valence-electron chi connectivity index (χ4n) is 3.78. The molecule has 1 fully saturated rings. The van der Waals surface area contributed by atoms with Crippen LogP contribution in [0.4, 0.5) is 13.2 Å². The zero-order valence-corrected chi connectivity index (χ0v) is 15.3. The van der Waals surface area contributed by atoms with Crippen molar-refractivity contribution in [1.29, 1.82) is 0 Å². The molecule has 0 aliphatic carbocycles. The van der Waals surface area contributed by atoms with Crippen molar-refractivity contribution in [3.63, 3.8) is 0 Å². The molecule has 0 radical (unpaired) electrons. The lowest BCUT2D eigenvalue weighted by Crippen LogP contribution is -2.39. The van der Waals surface area contributed by atoms with Crippen molar-refractivity contribution in [2.45, 2.75) is 31.9 Å². The van der Waals surface area contributed by atoms with Crippen LogP contribution in [-0.2, 0) is 6.18 Å². The van der Waals surface area contributed by atoms with E-state index in [1.54, 1.807) is 27.6 Å². The summed E-state index contributed by atoms with van der Waals surface area (Å²) in [6.07, 6.45) is -1.66. The van der Waals surface area contributed by atoms with Crippen LogP contribution in [0, 0.1) is 6.92 Å². The number of fused-ring (bicyclic) bond motifs is 1. The second-order valence-corrected chi connectivity index (χ2v) is 7.11. The predicted octanol–water partition coefficient (Wildman–Crippen LogP) is 4.08. The molecule has 3 heterocycles. The molecule has 0 saturated carbocycles. The Morgan fingerprint density at radius 1 is 1.11 bits per heavy atom. The third-order valence-electron chi connectivity index (χ3n) is 5.24. The van der Waals surface area contributed by atoms with E-state index in [1.165, 1.54) is 6.07 Å². The quantitative estimate of drug-likeness (QED) is 0.665. The van der Waals surface area contributed by atoms with Gasteiger partial charge in [-0.3, -0.25) is 9.20 Å². The van der Waals surface area contributed by atoms with E-state index in [0.29, 0.717) is 37.1 Å². The van der Waals surface area contributed by atoms with Gasteiger partial charge in [0.2, 0.25) is 5.82 Å². The van der Waals surface area contributed by atoms with Crippen LogP contribution in [0.1, 0.15) is 46.1 Å². The van der Waals surface area contributed by atoms with Crippen molar-refractivity contribution in [2.24, 2.45) is 0 Å².